The van der Waals surface area contributed by atoms with Crippen LogP contribution in [0.3, 0.4) is 0 Å². The molecule has 0 atom stereocenters. The Balaban J connectivity index is 0. The highest BCUT2D eigenvalue weighted by Crippen LogP contribution is 2.31. The largest absolute Gasteiger partial charge is 0.480 e. The fourth-order valence-corrected chi connectivity index (χ4v) is 1.88. The van der Waals surface area contributed by atoms with E-state index < -0.39 is 10.7 Å². The molecule has 0 bridgehead atoms. The van der Waals surface area contributed by atoms with Gasteiger partial charge in [-0.15, -0.1) is 11.7 Å². The van der Waals surface area contributed by atoms with Gasteiger partial charge in [-0.2, -0.15) is 0 Å². The average molecular weight is 242 g/mol. The molecule has 0 radical (unpaired) electrons. The van der Waals surface area contributed by atoms with Crippen LogP contribution in [0.1, 0.15) is 27.7 Å². The number of thioether (sulfide) groups is 1. The van der Waals surface area contributed by atoms with Gasteiger partial charge in [0.15, 0.2) is 0 Å². The van der Waals surface area contributed by atoms with Gasteiger partial charge < -0.3 is 5.11 Å². The molecule has 3 nitrogen and oxygen atoms in total. The molecule has 1 N–H and O–H groups in total. The normalized spacial score (nSPS) is 9.92. The summed E-state index contributed by atoms with van der Waals surface area (Å²) in [5.41, 5.74) is 0. The Kier molecular flexibility index (Phi) is 9.13. The van der Waals surface area contributed by atoms with Gasteiger partial charge in [0.05, 0.1) is 0 Å². The topological polar surface area (TPSA) is 54.4 Å². The fourth-order valence-electron chi connectivity index (χ4n) is 0.271. The molecule has 78 valence electrons. The van der Waals surface area contributed by atoms with Crippen LogP contribution in [-0.4, -0.2) is 20.3 Å². The highest BCUT2D eigenvalue weighted by atomic mass is 33.1. The molecule has 0 spiro atoms. The summed E-state index contributed by atoms with van der Waals surface area (Å²) in [4.78, 5) is 21.2. The van der Waals surface area contributed by atoms with Gasteiger partial charge in [0.2, 0.25) is 0 Å². The summed E-state index contributed by atoms with van der Waals surface area (Å²) >= 11 is 4.41. The maximum atomic E-state index is 10.7. The minimum Gasteiger partial charge on any atom is -0.480 e. The van der Waals surface area contributed by atoms with Crippen LogP contribution in [-0.2, 0) is 4.79 Å². The van der Waals surface area contributed by atoms with Crippen LogP contribution in [0.4, 0.5) is 4.79 Å². The number of carbonyl (C=O) groups is 2. The van der Waals surface area contributed by atoms with E-state index in [2.05, 4.69) is 11.7 Å². The molecular weight excluding hydrogens is 228 g/mol. The lowest BCUT2D eigenvalue weighted by Crippen LogP contribution is -2.27. The summed E-state index contributed by atoms with van der Waals surface area (Å²) < 4.78 is -1.37. The number of hydrogen-bond donors (Lipinski definition) is 2. The zero-order valence-electron chi connectivity index (χ0n) is 8.03. The highest BCUT2D eigenvalue weighted by Gasteiger charge is 2.30. The van der Waals surface area contributed by atoms with E-state index in [1.807, 2.05) is 13.8 Å². The summed E-state index contributed by atoms with van der Waals surface area (Å²) in [5, 5.41) is 8.58. The van der Waals surface area contributed by atoms with Crippen LogP contribution in [0.15, 0.2) is 0 Å². The standard InChI is InChI=1S/C5H8O3S3.C2H6/c1-5(2,3(6)7)10-4(8)11-9;1-2/h9H,1-2H3,(H,6,7);1-2H3. The Morgan fingerprint density at radius 1 is 1.31 bits per heavy atom. The van der Waals surface area contributed by atoms with E-state index in [1.54, 1.807) is 0 Å². The molecule has 6 heteroatoms. The van der Waals surface area contributed by atoms with Gasteiger partial charge in [-0.1, -0.05) is 25.6 Å². The van der Waals surface area contributed by atoms with Gasteiger partial charge in [-0.3, -0.25) is 9.59 Å². The number of aliphatic carboxylic acids is 1. The summed E-state index contributed by atoms with van der Waals surface area (Å²) in [5.74, 6) is -1.00. The Morgan fingerprint density at radius 3 is 1.92 bits per heavy atom. The molecule has 0 fully saturated rings. The highest BCUT2D eigenvalue weighted by molar-refractivity contribution is 8.79. The zero-order chi connectivity index (χ0) is 11.1. The van der Waals surface area contributed by atoms with Crippen LogP contribution in [0.5, 0.6) is 0 Å². The minimum atomic E-state index is -1.06. The molecule has 0 aliphatic rings. The first-order valence-corrected chi connectivity index (χ1v) is 6.36. The van der Waals surface area contributed by atoms with Crippen LogP contribution < -0.4 is 0 Å². The molecule has 0 rings (SSSR count). The Bertz CT molecular complexity index is 180. The molecule has 0 heterocycles. The summed E-state index contributed by atoms with van der Waals surface area (Å²) in [6.07, 6.45) is 0. The van der Waals surface area contributed by atoms with E-state index in [9.17, 15) is 9.59 Å². The number of carboxylic acids is 1. The fraction of sp³-hybridized carbons (Fsp3) is 0.714. The minimum absolute atomic E-state index is 0.305. The van der Waals surface area contributed by atoms with Gasteiger partial charge in [-0.05, 0) is 24.6 Å². The summed E-state index contributed by atoms with van der Waals surface area (Å²) in [6.45, 7) is 6.95. The predicted octanol–water partition coefficient (Wildman–Crippen LogP) is 3.31. The second kappa shape index (κ2) is 7.58. The summed E-state index contributed by atoms with van der Waals surface area (Å²) in [7, 11) is 0.724. The second-order valence-electron chi connectivity index (χ2n) is 2.26. The average Bonchev–Trinajstić information content (AvgIpc) is 2.07. The molecule has 0 aliphatic carbocycles. The predicted molar refractivity (Wildman–Crippen MR) is 62.6 cm³/mol. The van der Waals surface area contributed by atoms with Gasteiger partial charge >= 0.3 is 5.97 Å². The molecule has 0 saturated heterocycles. The number of carboxylic acid groups (broad SMARTS) is 1. The van der Waals surface area contributed by atoms with Gasteiger partial charge in [-0.25, -0.2) is 0 Å². The van der Waals surface area contributed by atoms with Crippen LogP contribution >= 0.6 is 34.2 Å². The Labute approximate surface area is 91.9 Å². The maximum absolute atomic E-state index is 10.7. The van der Waals surface area contributed by atoms with E-state index in [1.165, 1.54) is 13.8 Å². The molecule has 0 amide bonds. The molecule has 0 aromatic carbocycles. The first-order valence-electron chi connectivity index (χ1n) is 3.68. The zero-order valence-corrected chi connectivity index (χ0v) is 10.6. The van der Waals surface area contributed by atoms with E-state index >= 15 is 0 Å². The van der Waals surface area contributed by atoms with Gasteiger partial charge in [0, 0.05) is 0 Å². The van der Waals surface area contributed by atoms with Crippen LogP contribution in [0.2, 0.25) is 0 Å². The van der Waals surface area contributed by atoms with Crippen molar-refractivity contribution in [2.24, 2.45) is 0 Å². The lowest BCUT2D eigenvalue weighted by Gasteiger charge is -2.15. The molecule has 0 unspecified atom stereocenters. The van der Waals surface area contributed by atoms with Crippen molar-refractivity contribution in [1.82, 2.24) is 0 Å². The first-order chi connectivity index (χ1) is 5.90. The van der Waals surface area contributed by atoms with Gasteiger partial charge in [0.25, 0.3) is 4.45 Å². The van der Waals surface area contributed by atoms with E-state index in [-0.39, 0.29) is 4.45 Å². The molecule has 13 heavy (non-hydrogen) atoms. The van der Waals surface area contributed by atoms with Gasteiger partial charge in [0.1, 0.15) is 4.75 Å². The maximum Gasteiger partial charge on any atom is 0.319 e. The molecule has 0 aromatic heterocycles. The Hall–Kier alpha value is 0.190. The van der Waals surface area contributed by atoms with Crippen molar-refractivity contribution in [3.63, 3.8) is 0 Å². The lowest BCUT2D eigenvalue weighted by molar-refractivity contribution is -0.138. The van der Waals surface area contributed by atoms with E-state index in [0.29, 0.717) is 0 Å². The third kappa shape index (κ3) is 7.28. The monoisotopic (exact) mass is 242 g/mol. The SMILES string of the molecule is CC.CC(C)(SC(=O)SS)C(=O)O. The molecule has 0 aliphatic heterocycles. The number of hydrogen-bond acceptors (Lipinski definition) is 5. The second-order valence-corrected chi connectivity index (χ2v) is 5.21. The third-order valence-electron chi connectivity index (χ3n) is 0.928. The smallest absolute Gasteiger partial charge is 0.319 e. The molecular formula is C7H14O3S3. The Morgan fingerprint density at radius 2 is 1.69 bits per heavy atom. The quantitative estimate of drug-likeness (QED) is 0.575. The molecule has 0 aromatic rings. The first kappa shape index (κ1) is 15.7. The van der Waals surface area contributed by atoms with Crippen molar-refractivity contribution < 1.29 is 14.7 Å². The van der Waals surface area contributed by atoms with Crippen molar-refractivity contribution in [3.05, 3.63) is 0 Å². The third-order valence-corrected chi connectivity index (χ3v) is 3.30. The number of carbonyl (C=O) groups excluding carboxylic acids is 1. The van der Waals surface area contributed by atoms with Crippen LogP contribution in [0, 0.1) is 0 Å². The lowest BCUT2D eigenvalue weighted by atomic mass is 10.2. The van der Waals surface area contributed by atoms with Crippen molar-refractivity contribution in [3.8, 4) is 0 Å². The molecule has 0 saturated carbocycles. The van der Waals surface area contributed by atoms with Crippen molar-refractivity contribution >= 4 is 44.6 Å². The van der Waals surface area contributed by atoms with Crippen LogP contribution in [0.25, 0.3) is 0 Å². The number of rotatable bonds is 2. The van der Waals surface area contributed by atoms with E-state index in [4.69, 9.17) is 5.11 Å². The van der Waals surface area contributed by atoms with E-state index in [0.717, 1.165) is 22.6 Å². The van der Waals surface area contributed by atoms with Crippen molar-refractivity contribution in [2.45, 2.75) is 32.4 Å². The summed E-state index contributed by atoms with van der Waals surface area (Å²) in [6, 6.07) is 0. The van der Waals surface area contributed by atoms with Crippen molar-refractivity contribution in [1.29, 1.82) is 0 Å². The number of thiol groups is 1. The van der Waals surface area contributed by atoms with Crippen molar-refractivity contribution in [2.75, 3.05) is 0 Å².